The van der Waals surface area contributed by atoms with Crippen molar-refractivity contribution in [1.82, 2.24) is 14.2 Å². The number of likely N-dealkylation sites (N-methyl/N-ethyl adjacent to an activating group) is 1. The number of carbonyl (C=O) groups excluding carboxylic acids is 1. The van der Waals surface area contributed by atoms with Crippen LogP contribution in [0.4, 0.5) is 13.9 Å². The fourth-order valence-corrected chi connectivity index (χ4v) is 7.08. The number of aromatic nitrogens is 1. The second kappa shape index (κ2) is 13.3. The molecule has 11 heteroatoms. The average molecular weight is 581 g/mol. The van der Waals surface area contributed by atoms with Crippen molar-refractivity contribution in [3.63, 3.8) is 0 Å². The zero-order valence-electron chi connectivity index (χ0n) is 23.4. The van der Waals surface area contributed by atoms with Crippen LogP contribution in [-0.2, 0) is 10.0 Å². The molecule has 0 atom stereocenters. The Bertz CT molecular complexity index is 1360. The third-order valence-electron chi connectivity index (χ3n) is 6.29. The molecule has 39 heavy (non-hydrogen) atoms. The maximum atomic E-state index is 14.4. The maximum Gasteiger partial charge on any atom is 0.260 e. The van der Waals surface area contributed by atoms with Gasteiger partial charge >= 0.3 is 0 Å². The van der Waals surface area contributed by atoms with Crippen LogP contribution in [-0.4, -0.2) is 67.8 Å². The van der Waals surface area contributed by atoms with Crippen molar-refractivity contribution >= 4 is 42.6 Å². The molecule has 1 heterocycles. The molecule has 214 valence electrons. The van der Waals surface area contributed by atoms with Gasteiger partial charge in [-0.05, 0) is 55.3 Å². The van der Waals surface area contributed by atoms with Crippen LogP contribution in [0.3, 0.4) is 0 Å². The van der Waals surface area contributed by atoms with E-state index in [9.17, 15) is 22.0 Å². The maximum absolute atomic E-state index is 14.4. The van der Waals surface area contributed by atoms with Gasteiger partial charge in [-0.1, -0.05) is 52.9 Å². The summed E-state index contributed by atoms with van der Waals surface area (Å²) in [4.78, 5) is 21.7. The van der Waals surface area contributed by atoms with Gasteiger partial charge in [-0.25, -0.2) is 22.2 Å². The lowest BCUT2D eigenvalue weighted by Gasteiger charge is -2.26. The van der Waals surface area contributed by atoms with Gasteiger partial charge in [0, 0.05) is 37.8 Å². The van der Waals surface area contributed by atoms with Gasteiger partial charge in [-0.3, -0.25) is 9.69 Å². The van der Waals surface area contributed by atoms with Crippen molar-refractivity contribution in [3.8, 4) is 0 Å². The first-order chi connectivity index (χ1) is 18.4. The van der Waals surface area contributed by atoms with Crippen molar-refractivity contribution in [1.29, 1.82) is 0 Å². The first-order valence-corrected chi connectivity index (χ1v) is 15.5. The molecule has 0 radical (unpaired) electrons. The summed E-state index contributed by atoms with van der Waals surface area (Å²) in [5.41, 5.74) is 0.285. The number of amides is 1. The normalized spacial score (nSPS) is 12.4. The lowest BCUT2D eigenvalue weighted by Crippen LogP contribution is -2.39. The summed E-state index contributed by atoms with van der Waals surface area (Å²) < 4.78 is 56.8. The van der Waals surface area contributed by atoms with E-state index in [0.29, 0.717) is 24.3 Å². The van der Waals surface area contributed by atoms with E-state index < -0.39 is 27.6 Å². The summed E-state index contributed by atoms with van der Waals surface area (Å²) in [7, 11) is -3.75. The summed E-state index contributed by atoms with van der Waals surface area (Å²) in [5.74, 6) is -1.58. The first kappa shape index (κ1) is 31.1. The highest BCUT2D eigenvalue weighted by molar-refractivity contribution is 7.89. The molecule has 0 saturated heterocycles. The van der Waals surface area contributed by atoms with E-state index in [2.05, 4.69) is 9.88 Å². The lowest BCUT2D eigenvalue weighted by molar-refractivity contribution is 0.0983. The fraction of sp³-hybridized carbons (Fsp3) is 0.500. The van der Waals surface area contributed by atoms with E-state index in [-0.39, 0.29) is 39.5 Å². The number of benzene rings is 2. The first-order valence-electron chi connectivity index (χ1n) is 13.3. The molecule has 0 aliphatic rings. The molecule has 1 amide bonds. The summed E-state index contributed by atoms with van der Waals surface area (Å²) in [6, 6.07) is 7.87. The zero-order chi connectivity index (χ0) is 28.9. The van der Waals surface area contributed by atoms with E-state index in [0.717, 1.165) is 30.5 Å². The number of fused-ring (bicyclic) bond motifs is 1. The average Bonchev–Trinajstić information content (AvgIpc) is 3.29. The molecule has 0 unspecified atom stereocenters. The lowest BCUT2D eigenvalue weighted by atomic mass is 10.2. The molecule has 0 bridgehead atoms. The number of halogens is 2. The van der Waals surface area contributed by atoms with Gasteiger partial charge in [0.05, 0.1) is 9.60 Å². The number of sulfonamides is 1. The molecule has 3 rings (SSSR count). The third kappa shape index (κ3) is 7.59. The molecule has 0 fully saturated rings. The molecular weight excluding hydrogens is 542 g/mol. The monoisotopic (exact) mass is 580 g/mol. The smallest absolute Gasteiger partial charge is 0.260 e. The minimum absolute atomic E-state index is 0.00822. The summed E-state index contributed by atoms with van der Waals surface area (Å²) in [5, 5.41) is 0.253. The highest BCUT2D eigenvalue weighted by atomic mass is 32.2. The summed E-state index contributed by atoms with van der Waals surface area (Å²) in [6.07, 6.45) is 0. The summed E-state index contributed by atoms with van der Waals surface area (Å²) >= 11 is 1.04. The molecule has 0 saturated carbocycles. The Morgan fingerprint density at radius 1 is 0.949 bits per heavy atom. The van der Waals surface area contributed by atoms with Crippen molar-refractivity contribution in [3.05, 3.63) is 53.6 Å². The van der Waals surface area contributed by atoms with Crippen molar-refractivity contribution in [2.24, 2.45) is 11.8 Å². The van der Waals surface area contributed by atoms with Crippen molar-refractivity contribution in [2.45, 2.75) is 46.4 Å². The van der Waals surface area contributed by atoms with E-state index >= 15 is 0 Å². The Morgan fingerprint density at radius 3 is 2.08 bits per heavy atom. The third-order valence-corrected chi connectivity index (χ3v) is 9.16. The van der Waals surface area contributed by atoms with Gasteiger partial charge in [-0.2, -0.15) is 4.31 Å². The second-order valence-corrected chi connectivity index (χ2v) is 13.3. The minimum Gasteiger partial charge on any atom is -0.302 e. The van der Waals surface area contributed by atoms with E-state index in [1.165, 1.54) is 39.5 Å². The molecule has 0 spiro atoms. The molecule has 3 aromatic rings. The Kier molecular flexibility index (Phi) is 10.6. The fourth-order valence-electron chi connectivity index (χ4n) is 4.29. The van der Waals surface area contributed by atoms with Crippen LogP contribution >= 0.6 is 11.3 Å². The number of rotatable bonds is 13. The topological polar surface area (TPSA) is 73.8 Å². The Hall–Kier alpha value is -2.47. The van der Waals surface area contributed by atoms with Crippen LogP contribution in [0.15, 0.2) is 41.3 Å². The number of hydrogen-bond donors (Lipinski definition) is 0. The number of hydrogen-bond acceptors (Lipinski definition) is 6. The van der Waals surface area contributed by atoms with Gasteiger partial charge in [0.1, 0.15) is 11.3 Å². The highest BCUT2D eigenvalue weighted by Gasteiger charge is 2.27. The quantitative estimate of drug-likeness (QED) is 0.253. The second-order valence-electron chi connectivity index (χ2n) is 10.3. The summed E-state index contributed by atoms with van der Waals surface area (Å²) in [6.45, 7) is 15.1. The predicted octanol–water partition coefficient (Wildman–Crippen LogP) is 5.87. The largest absolute Gasteiger partial charge is 0.302 e. The Balaban J connectivity index is 1.96. The predicted molar refractivity (Wildman–Crippen MR) is 154 cm³/mol. The van der Waals surface area contributed by atoms with Gasteiger partial charge in [0.25, 0.3) is 5.91 Å². The van der Waals surface area contributed by atoms with Crippen LogP contribution in [0.5, 0.6) is 0 Å². The number of carbonyl (C=O) groups is 1. The van der Waals surface area contributed by atoms with Crippen LogP contribution in [0.1, 0.15) is 51.9 Å². The zero-order valence-corrected chi connectivity index (χ0v) is 25.1. The number of anilines is 1. The SMILES string of the molecule is CCN(CC)CCN(C(=O)c1ccc(S(=O)(=O)N(CC(C)C)CC(C)C)cc1)c1nc2c(F)cc(F)cc2s1. The Labute approximate surface area is 234 Å². The number of nitrogens with zero attached hydrogens (tertiary/aromatic N) is 4. The standard InChI is InChI=1S/C28H38F2N4O3S2/c1-7-32(8-2)13-14-34(28-31-26-24(30)15-22(29)16-25(26)38-28)27(35)21-9-11-23(12-10-21)39(36,37)33(17-19(3)4)18-20(5)6/h9-12,15-16,19-20H,7-8,13-14,17-18H2,1-6H3. The van der Waals surface area contributed by atoms with E-state index in [1.807, 2.05) is 41.5 Å². The minimum atomic E-state index is -3.75. The Morgan fingerprint density at radius 2 is 1.54 bits per heavy atom. The van der Waals surface area contributed by atoms with Crippen LogP contribution in [0, 0.1) is 23.5 Å². The molecule has 2 aromatic carbocycles. The molecule has 0 aliphatic carbocycles. The highest BCUT2D eigenvalue weighted by Crippen LogP contribution is 2.32. The number of thiazole rings is 1. The van der Waals surface area contributed by atoms with Gasteiger partial charge in [0.2, 0.25) is 10.0 Å². The molecular formula is C28H38F2N4O3S2. The van der Waals surface area contributed by atoms with Gasteiger partial charge in [0.15, 0.2) is 10.9 Å². The van der Waals surface area contributed by atoms with Crippen LogP contribution in [0.25, 0.3) is 10.2 Å². The van der Waals surface area contributed by atoms with E-state index in [1.54, 1.807) is 0 Å². The van der Waals surface area contributed by atoms with Crippen molar-refractivity contribution < 1.29 is 22.0 Å². The van der Waals surface area contributed by atoms with Gasteiger partial charge in [-0.15, -0.1) is 0 Å². The van der Waals surface area contributed by atoms with Crippen LogP contribution in [0.2, 0.25) is 0 Å². The molecule has 1 aromatic heterocycles. The molecule has 0 aliphatic heterocycles. The molecule has 7 nitrogen and oxygen atoms in total. The van der Waals surface area contributed by atoms with Crippen molar-refractivity contribution in [2.75, 3.05) is 44.2 Å². The molecule has 0 N–H and O–H groups in total. The van der Waals surface area contributed by atoms with Gasteiger partial charge < -0.3 is 4.90 Å². The van der Waals surface area contributed by atoms with E-state index in [4.69, 9.17) is 0 Å². The van der Waals surface area contributed by atoms with Crippen LogP contribution < -0.4 is 4.90 Å².